The molecule has 3 nitrogen and oxygen atoms in total. The minimum absolute atomic E-state index is 0.139. The van der Waals surface area contributed by atoms with Gasteiger partial charge >= 0.3 is 0 Å². The predicted octanol–water partition coefficient (Wildman–Crippen LogP) is 2.00. The molecule has 114 valence electrons. The summed E-state index contributed by atoms with van der Waals surface area (Å²) in [6.45, 7) is 2.11. The van der Waals surface area contributed by atoms with Gasteiger partial charge in [-0.15, -0.1) is 0 Å². The number of rotatable bonds is 3. The van der Waals surface area contributed by atoms with Gasteiger partial charge in [0.05, 0.1) is 6.10 Å². The molecular weight excluding hydrogens is 248 g/mol. The second-order valence-corrected chi connectivity index (χ2v) is 8.29. The topological polar surface area (TPSA) is 35.5 Å². The number of aliphatic hydroxyl groups is 1. The fraction of sp³-hybridized carbons (Fsp3) is 1.00. The average Bonchev–Trinajstić information content (AvgIpc) is 2.40. The third-order valence-electron chi connectivity index (χ3n) is 6.83. The summed E-state index contributed by atoms with van der Waals surface area (Å²) >= 11 is 0. The zero-order valence-electron chi connectivity index (χ0n) is 12.9. The molecule has 1 saturated heterocycles. The molecule has 5 rings (SSSR count). The van der Waals surface area contributed by atoms with Crippen LogP contribution in [-0.4, -0.2) is 47.8 Å². The number of nitrogens with zero attached hydrogens (tertiary/aromatic N) is 1. The lowest BCUT2D eigenvalue weighted by atomic mass is 9.52. The first-order valence-corrected chi connectivity index (χ1v) is 8.77. The van der Waals surface area contributed by atoms with Gasteiger partial charge in [-0.25, -0.2) is 0 Å². The predicted molar refractivity (Wildman–Crippen MR) is 80.6 cm³/mol. The van der Waals surface area contributed by atoms with E-state index in [4.69, 9.17) is 0 Å². The summed E-state index contributed by atoms with van der Waals surface area (Å²) in [4.78, 5) is 2.64. The van der Waals surface area contributed by atoms with E-state index in [0.29, 0.717) is 11.6 Å². The SMILES string of the molecule is CN(CC1NCCCC1O)C12CC3CC(CC(C3)C1)C2. The lowest BCUT2D eigenvalue weighted by Gasteiger charge is -2.60. The van der Waals surface area contributed by atoms with E-state index < -0.39 is 0 Å². The Hall–Kier alpha value is -0.120. The number of likely N-dealkylation sites (N-methyl/N-ethyl adjacent to an activating group) is 1. The molecule has 0 aromatic rings. The molecule has 1 aliphatic heterocycles. The van der Waals surface area contributed by atoms with Crippen molar-refractivity contribution in [2.75, 3.05) is 20.1 Å². The van der Waals surface area contributed by atoms with Crippen molar-refractivity contribution in [3.8, 4) is 0 Å². The van der Waals surface area contributed by atoms with Crippen molar-refractivity contribution in [3.05, 3.63) is 0 Å². The van der Waals surface area contributed by atoms with Crippen molar-refractivity contribution in [2.45, 2.75) is 69.1 Å². The van der Waals surface area contributed by atoms with Crippen molar-refractivity contribution in [1.82, 2.24) is 10.2 Å². The maximum Gasteiger partial charge on any atom is 0.0706 e. The van der Waals surface area contributed by atoms with Crippen LogP contribution in [0.15, 0.2) is 0 Å². The van der Waals surface area contributed by atoms with Crippen molar-refractivity contribution in [2.24, 2.45) is 17.8 Å². The lowest BCUT2D eigenvalue weighted by Crippen LogP contribution is -2.62. The minimum Gasteiger partial charge on any atom is -0.391 e. The van der Waals surface area contributed by atoms with Gasteiger partial charge in [0, 0.05) is 18.1 Å². The zero-order chi connectivity index (χ0) is 13.7. The summed E-state index contributed by atoms with van der Waals surface area (Å²) in [5, 5.41) is 13.8. The number of hydrogen-bond acceptors (Lipinski definition) is 3. The smallest absolute Gasteiger partial charge is 0.0706 e. The third-order valence-corrected chi connectivity index (χ3v) is 6.83. The molecule has 4 bridgehead atoms. The first kappa shape index (κ1) is 13.5. The van der Waals surface area contributed by atoms with Crippen molar-refractivity contribution >= 4 is 0 Å². The molecule has 0 spiro atoms. The van der Waals surface area contributed by atoms with Gasteiger partial charge in [0.25, 0.3) is 0 Å². The minimum atomic E-state index is -0.139. The summed E-state index contributed by atoms with van der Waals surface area (Å²) in [7, 11) is 2.33. The quantitative estimate of drug-likeness (QED) is 0.829. The normalized spacial score (nSPS) is 50.9. The number of hydrogen-bond donors (Lipinski definition) is 2. The van der Waals surface area contributed by atoms with E-state index in [1.165, 1.54) is 38.5 Å². The van der Waals surface area contributed by atoms with Crippen LogP contribution in [0.4, 0.5) is 0 Å². The first-order valence-electron chi connectivity index (χ1n) is 8.77. The van der Waals surface area contributed by atoms with Gasteiger partial charge in [0.2, 0.25) is 0 Å². The van der Waals surface area contributed by atoms with Crippen LogP contribution in [0.1, 0.15) is 51.4 Å². The first-order chi connectivity index (χ1) is 9.64. The van der Waals surface area contributed by atoms with Gasteiger partial charge < -0.3 is 10.4 Å². The van der Waals surface area contributed by atoms with Gasteiger partial charge in [-0.05, 0) is 82.7 Å². The number of aliphatic hydroxyl groups excluding tert-OH is 1. The molecular formula is C17H30N2O. The Kier molecular flexibility index (Phi) is 3.36. The highest BCUT2D eigenvalue weighted by molar-refractivity contribution is 5.07. The van der Waals surface area contributed by atoms with E-state index in [-0.39, 0.29) is 6.10 Å². The summed E-state index contributed by atoms with van der Waals surface area (Å²) in [5.41, 5.74) is 0.480. The standard InChI is InChI=1S/C17H30N2O/c1-19(11-15-16(20)3-2-4-18-15)17-8-12-5-13(9-17)7-14(6-12)10-17/h12-16,18,20H,2-11H2,1H3. The highest BCUT2D eigenvalue weighted by Gasteiger charge is 2.52. The Morgan fingerprint density at radius 2 is 1.70 bits per heavy atom. The maximum atomic E-state index is 10.2. The van der Waals surface area contributed by atoms with E-state index in [1.54, 1.807) is 0 Å². The maximum absolute atomic E-state index is 10.2. The van der Waals surface area contributed by atoms with Crippen molar-refractivity contribution in [1.29, 1.82) is 0 Å². The highest BCUT2D eigenvalue weighted by atomic mass is 16.3. The molecule has 5 fully saturated rings. The molecule has 0 aromatic carbocycles. The average molecular weight is 278 g/mol. The van der Waals surface area contributed by atoms with Gasteiger partial charge in [0.1, 0.15) is 0 Å². The second-order valence-electron chi connectivity index (χ2n) is 8.29. The van der Waals surface area contributed by atoms with Crippen LogP contribution in [0.2, 0.25) is 0 Å². The molecule has 0 amide bonds. The largest absolute Gasteiger partial charge is 0.391 e. The Balaban J connectivity index is 1.46. The molecule has 0 aromatic heterocycles. The lowest BCUT2D eigenvalue weighted by molar-refractivity contribution is -0.0861. The van der Waals surface area contributed by atoms with Crippen LogP contribution in [0.5, 0.6) is 0 Å². The van der Waals surface area contributed by atoms with Crippen LogP contribution in [0.3, 0.4) is 0 Å². The van der Waals surface area contributed by atoms with Crippen LogP contribution in [-0.2, 0) is 0 Å². The summed E-state index contributed by atoms with van der Waals surface area (Å²) in [6.07, 6.45) is 10.8. The molecule has 4 aliphatic carbocycles. The van der Waals surface area contributed by atoms with Crippen LogP contribution in [0.25, 0.3) is 0 Å². The molecule has 20 heavy (non-hydrogen) atoms. The summed E-state index contributed by atoms with van der Waals surface area (Å²) < 4.78 is 0. The Morgan fingerprint density at radius 3 is 2.25 bits per heavy atom. The van der Waals surface area contributed by atoms with Gasteiger partial charge in [-0.2, -0.15) is 0 Å². The van der Waals surface area contributed by atoms with E-state index in [2.05, 4.69) is 17.3 Å². The summed E-state index contributed by atoms with van der Waals surface area (Å²) in [5.74, 6) is 3.02. The fourth-order valence-corrected chi connectivity index (χ4v) is 6.14. The Morgan fingerprint density at radius 1 is 1.10 bits per heavy atom. The number of nitrogens with one attached hydrogen (secondary N) is 1. The van der Waals surface area contributed by atoms with Crippen LogP contribution < -0.4 is 5.32 Å². The second kappa shape index (κ2) is 4.96. The van der Waals surface area contributed by atoms with Crippen LogP contribution in [0, 0.1) is 17.8 Å². The van der Waals surface area contributed by atoms with Crippen molar-refractivity contribution < 1.29 is 5.11 Å². The molecule has 2 unspecified atom stereocenters. The number of piperidine rings is 1. The molecule has 2 atom stereocenters. The van der Waals surface area contributed by atoms with E-state index >= 15 is 0 Å². The molecule has 3 heteroatoms. The van der Waals surface area contributed by atoms with E-state index in [1.807, 2.05) is 0 Å². The van der Waals surface area contributed by atoms with Gasteiger partial charge in [-0.1, -0.05) is 0 Å². The molecule has 0 radical (unpaired) electrons. The van der Waals surface area contributed by atoms with Crippen LogP contribution >= 0.6 is 0 Å². The molecule has 4 saturated carbocycles. The van der Waals surface area contributed by atoms with Gasteiger partial charge in [-0.3, -0.25) is 4.90 Å². The summed E-state index contributed by atoms with van der Waals surface area (Å²) in [6, 6.07) is 0.293. The van der Waals surface area contributed by atoms with Crippen molar-refractivity contribution in [3.63, 3.8) is 0 Å². The van der Waals surface area contributed by atoms with Gasteiger partial charge in [0.15, 0.2) is 0 Å². The zero-order valence-corrected chi connectivity index (χ0v) is 12.9. The Labute approximate surface area is 123 Å². The van der Waals surface area contributed by atoms with E-state index in [9.17, 15) is 5.11 Å². The highest BCUT2D eigenvalue weighted by Crippen LogP contribution is 2.57. The van der Waals surface area contributed by atoms with E-state index in [0.717, 1.165) is 43.7 Å². The Bertz CT molecular complexity index is 335. The molecule has 5 aliphatic rings. The molecule has 1 heterocycles. The monoisotopic (exact) mass is 278 g/mol. The fourth-order valence-electron chi connectivity index (χ4n) is 6.14. The molecule has 2 N–H and O–H groups in total. The third kappa shape index (κ3) is 2.22.